The summed E-state index contributed by atoms with van der Waals surface area (Å²) in [6, 6.07) is 9.12. The molecule has 1 rings (SSSR count). The Morgan fingerprint density at radius 1 is 1.39 bits per heavy atom. The minimum Gasteiger partial charge on any atom is -0.530 e. The number of carbonyl (C=O) groups excluding carboxylic acids is 1. The van der Waals surface area contributed by atoms with E-state index in [0.717, 1.165) is 18.4 Å². The highest BCUT2D eigenvalue weighted by molar-refractivity contribution is 5.62. The van der Waals surface area contributed by atoms with Gasteiger partial charge >= 0.3 is 0 Å². The van der Waals surface area contributed by atoms with Gasteiger partial charge in [0.05, 0.1) is 6.04 Å². The molecule has 0 aromatic heterocycles. The molecule has 0 aliphatic carbocycles. The summed E-state index contributed by atoms with van der Waals surface area (Å²) in [6.45, 7) is 0.496. The van der Waals surface area contributed by atoms with Crippen LogP contribution in [-0.4, -0.2) is 12.6 Å². The summed E-state index contributed by atoms with van der Waals surface area (Å²) in [5.74, 6) is 0. The molecule has 1 atom stereocenters. The lowest BCUT2D eigenvalue weighted by Crippen LogP contribution is -2.39. The van der Waals surface area contributed by atoms with Crippen LogP contribution in [0, 0.1) is 5.53 Å². The Balaban J connectivity index is 2.51. The molecule has 2 N–H and O–H groups in total. The van der Waals surface area contributed by atoms with E-state index in [0.29, 0.717) is 13.0 Å². The van der Waals surface area contributed by atoms with Crippen molar-refractivity contribution in [2.75, 3.05) is 6.54 Å². The number of amides is 1. The summed E-state index contributed by atoms with van der Waals surface area (Å²) in [5, 5.41) is 16.6. The average molecular weight is 248 g/mol. The smallest absolute Gasteiger partial charge is 0.214 e. The third-order valence-corrected chi connectivity index (χ3v) is 2.57. The van der Waals surface area contributed by atoms with E-state index >= 15 is 0 Å². The van der Waals surface area contributed by atoms with Gasteiger partial charge in [0.1, 0.15) is 23.3 Å². The molecule has 0 bridgehead atoms. The molecule has 0 saturated heterocycles. The van der Waals surface area contributed by atoms with E-state index in [-0.39, 0.29) is 6.04 Å². The third kappa shape index (κ3) is 5.23. The number of hydrogen-bond donors (Lipinski definition) is 2. The summed E-state index contributed by atoms with van der Waals surface area (Å²) >= 11 is 0. The van der Waals surface area contributed by atoms with Crippen LogP contribution in [-0.2, 0) is 0 Å². The van der Waals surface area contributed by atoms with E-state index in [1.54, 1.807) is 0 Å². The highest BCUT2D eigenvalue weighted by Gasteiger charge is 2.10. The quantitative estimate of drug-likeness (QED) is 0.432. The molecule has 0 fully saturated rings. The van der Waals surface area contributed by atoms with Gasteiger partial charge in [0.25, 0.3) is 0 Å². The van der Waals surface area contributed by atoms with E-state index in [2.05, 4.69) is 15.3 Å². The fraction of sp³-hybridized carbons (Fsp3) is 0.417. The van der Waals surface area contributed by atoms with Crippen molar-refractivity contribution >= 4 is 6.09 Å². The first-order valence-electron chi connectivity index (χ1n) is 5.79. The Kier molecular flexibility index (Phi) is 6.14. The minimum absolute atomic E-state index is 0.260. The van der Waals surface area contributed by atoms with Crippen molar-refractivity contribution in [2.24, 2.45) is 5.11 Å². The standard InChI is InChI=1S/C12H16N4O2/c13-16-14-9-5-4-8-11(15-12(17)18)10-6-2-1-3-7-10/h1-3,6-7,11,13,15H,4-5,8-9H2. The molecule has 0 heterocycles. The van der Waals surface area contributed by atoms with Crippen molar-refractivity contribution in [2.45, 2.75) is 25.3 Å². The maximum Gasteiger partial charge on any atom is 0.214 e. The number of carbonyl (C=O) groups is 1. The van der Waals surface area contributed by atoms with Crippen molar-refractivity contribution in [3.63, 3.8) is 0 Å². The van der Waals surface area contributed by atoms with Crippen LogP contribution >= 0.6 is 0 Å². The van der Waals surface area contributed by atoms with Gasteiger partial charge in [-0.3, -0.25) is 0 Å². The summed E-state index contributed by atoms with van der Waals surface area (Å²) in [5.41, 5.74) is 7.43. The first-order valence-corrected chi connectivity index (χ1v) is 5.79. The van der Waals surface area contributed by atoms with Crippen LogP contribution in [0.25, 0.3) is 0 Å². The number of nitrogens with one attached hydrogen (secondary N) is 2. The zero-order chi connectivity index (χ0) is 13.2. The van der Waals surface area contributed by atoms with Crippen LogP contribution in [0.15, 0.2) is 35.4 Å². The number of hydrogen-bond acceptors (Lipinski definition) is 4. The second-order valence-electron chi connectivity index (χ2n) is 3.86. The molecule has 1 aromatic carbocycles. The zero-order valence-electron chi connectivity index (χ0n) is 10.0. The van der Waals surface area contributed by atoms with Crippen molar-refractivity contribution < 1.29 is 9.90 Å². The van der Waals surface area contributed by atoms with Gasteiger partial charge in [-0.2, -0.15) is 0 Å². The van der Waals surface area contributed by atoms with Crippen LogP contribution < -0.4 is 15.3 Å². The Morgan fingerprint density at radius 2 is 2.11 bits per heavy atom. The highest BCUT2D eigenvalue weighted by atomic mass is 16.4. The van der Waals surface area contributed by atoms with Gasteiger partial charge in [-0.25, -0.2) is 0 Å². The van der Waals surface area contributed by atoms with Gasteiger partial charge < -0.3 is 15.2 Å². The molecule has 0 radical (unpaired) electrons. The van der Waals surface area contributed by atoms with Gasteiger partial charge in [0.15, 0.2) is 0 Å². The Labute approximate surface area is 105 Å². The molecule has 96 valence electrons. The lowest BCUT2D eigenvalue weighted by molar-refractivity contribution is -0.251. The predicted octanol–water partition coefficient (Wildman–Crippen LogP) is 1.38. The molecule has 1 unspecified atom stereocenters. The lowest BCUT2D eigenvalue weighted by Gasteiger charge is -2.20. The van der Waals surface area contributed by atoms with Crippen LogP contribution in [0.3, 0.4) is 0 Å². The predicted molar refractivity (Wildman–Crippen MR) is 63.7 cm³/mol. The van der Waals surface area contributed by atoms with Gasteiger partial charge in [0.2, 0.25) is 4.91 Å². The molecule has 0 saturated carbocycles. The van der Waals surface area contributed by atoms with Crippen molar-refractivity contribution in [3.05, 3.63) is 35.9 Å². The molecule has 18 heavy (non-hydrogen) atoms. The van der Waals surface area contributed by atoms with E-state index in [4.69, 9.17) is 5.53 Å². The number of carboxylic acid groups (broad SMARTS) is 1. The molecule has 0 spiro atoms. The van der Waals surface area contributed by atoms with E-state index in [9.17, 15) is 9.90 Å². The normalized spacial score (nSPS) is 11.3. The zero-order valence-corrected chi connectivity index (χ0v) is 10.0. The molecule has 1 aromatic rings. The summed E-state index contributed by atoms with van der Waals surface area (Å²) in [4.78, 5) is 13.6. The van der Waals surface area contributed by atoms with Gasteiger partial charge in [-0.1, -0.05) is 30.3 Å². The summed E-state index contributed by atoms with van der Waals surface area (Å²) in [7, 11) is 0. The second-order valence-corrected chi connectivity index (χ2v) is 3.86. The lowest BCUT2D eigenvalue weighted by atomic mass is 10.0. The molecule has 6 nitrogen and oxygen atoms in total. The fourth-order valence-corrected chi connectivity index (χ4v) is 1.73. The van der Waals surface area contributed by atoms with Crippen LogP contribution in [0.5, 0.6) is 0 Å². The second kappa shape index (κ2) is 7.97. The maximum atomic E-state index is 10.6. The number of nitrogens with zero attached hydrogens (tertiary/aromatic N) is 2. The van der Waals surface area contributed by atoms with Crippen molar-refractivity contribution in [1.82, 2.24) is 10.2 Å². The first-order chi connectivity index (χ1) is 8.74. The molecule has 6 heteroatoms. The van der Waals surface area contributed by atoms with Crippen LogP contribution in [0.4, 0.5) is 4.79 Å². The van der Waals surface area contributed by atoms with Gasteiger partial charge in [-0.05, 0) is 24.8 Å². The van der Waals surface area contributed by atoms with Crippen LogP contribution in [0.1, 0.15) is 30.9 Å². The minimum atomic E-state index is -1.27. The fourth-order valence-electron chi connectivity index (χ4n) is 1.73. The summed E-state index contributed by atoms with van der Waals surface area (Å²) < 4.78 is 0. The first kappa shape index (κ1) is 13.9. The van der Waals surface area contributed by atoms with Crippen molar-refractivity contribution in [3.8, 4) is 0 Å². The van der Waals surface area contributed by atoms with Crippen LogP contribution in [0.2, 0.25) is 0 Å². The third-order valence-electron chi connectivity index (χ3n) is 2.57. The molecule has 0 aliphatic heterocycles. The number of rotatable bonds is 7. The maximum absolute atomic E-state index is 10.6. The number of benzene rings is 1. The monoisotopic (exact) mass is 248 g/mol. The number of unbranched alkanes of at least 4 members (excludes halogenated alkanes) is 1. The van der Waals surface area contributed by atoms with Crippen molar-refractivity contribution in [1.29, 1.82) is 5.53 Å². The average Bonchev–Trinajstić information content (AvgIpc) is 2.38. The van der Waals surface area contributed by atoms with E-state index < -0.39 is 6.09 Å². The highest BCUT2D eigenvalue weighted by Crippen LogP contribution is 2.18. The van der Waals surface area contributed by atoms with E-state index in [1.165, 1.54) is 0 Å². The summed E-state index contributed by atoms with van der Waals surface area (Å²) in [6.07, 6.45) is 0.986. The Bertz CT molecular complexity index is 415. The SMILES string of the molecule is N=[N+]=NCCCCC(NC(=O)[O-])c1ccccc1. The largest absolute Gasteiger partial charge is 0.530 e. The molecular formula is C12H16N4O2. The molecule has 1 amide bonds. The van der Waals surface area contributed by atoms with E-state index in [1.807, 2.05) is 30.3 Å². The van der Waals surface area contributed by atoms with Gasteiger partial charge in [-0.15, -0.1) is 0 Å². The molecular weight excluding hydrogens is 232 g/mol. The Hall–Kier alpha value is -2.20. The molecule has 0 aliphatic rings. The van der Waals surface area contributed by atoms with Gasteiger partial charge in [0, 0.05) is 0 Å². The Morgan fingerprint density at radius 3 is 2.72 bits per heavy atom. The topological polar surface area (TPSA) is 102 Å².